The summed E-state index contributed by atoms with van der Waals surface area (Å²) in [6.07, 6.45) is 7.48. The lowest BCUT2D eigenvalue weighted by Gasteiger charge is -2.11. The Morgan fingerprint density at radius 1 is 1.24 bits per heavy atom. The Morgan fingerprint density at radius 2 is 2.00 bits per heavy atom. The smallest absolute Gasteiger partial charge is 0.190 e. The molecule has 2 N–H and O–H groups in total. The average Bonchev–Trinajstić information content (AvgIpc) is 2.47. The number of aliphatic imine (C=N–C) groups is 1. The molecule has 0 amide bonds. The molecule has 0 aliphatic carbocycles. The predicted molar refractivity (Wildman–Crippen MR) is 105 cm³/mol. The van der Waals surface area contributed by atoms with Gasteiger partial charge in [0.2, 0.25) is 0 Å². The Labute approximate surface area is 150 Å². The van der Waals surface area contributed by atoms with Gasteiger partial charge in [-0.05, 0) is 49.8 Å². The highest BCUT2D eigenvalue weighted by Crippen LogP contribution is 1.99. The average molecular weight is 422 g/mol. The molecule has 0 aliphatic heterocycles. The number of unbranched alkanes of at least 4 members (excludes halogenated alkanes) is 1. The van der Waals surface area contributed by atoms with Crippen LogP contribution in [0, 0.1) is 6.92 Å². The van der Waals surface area contributed by atoms with Gasteiger partial charge < -0.3 is 10.6 Å². The van der Waals surface area contributed by atoms with Gasteiger partial charge >= 0.3 is 0 Å². The van der Waals surface area contributed by atoms with E-state index in [1.807, 2.05) is 38.0 Å². The minimum Gasteiger partial charge on any atom is -0.356 e. The van der Waals surface area contributed by atoms with Gasteiger partial charge in [-0.2, -0.15) is 11.8 Å². The Hall–Kier alpha value is -0.500. The fourth-order valence-electron chi connectivity index (χ4n) is 1.77. The lowest BCUT2D eigenvalue weighted by atomic mass is 10.2. The zero-order valence-corrected chi connectivity index (χ0v) is 16.3. The van der Waals surface area contributed by atoms with Crippen molar-refractivity contribution in [3.63, 3.8) is 0 Å². The zero-order chi connectivity index (χ0) is 14.6. The second kappa shape index (κ2) is 13.2. The van der Waals surface area contributed by atoms with E-state index in [9.17, 15) is 0 Å². The molecule has 120 valence electrons. The first kappa shape index (κ1) is 20.5. The van der Waals surface area contributed by atoms with Crippen LogP contribution in [0.1, 0.15) is 24.1 Å². The van der Waals surface area contributed by atoms with Crippen LogP contribution in [0.15, 0.2) is 23.3 Å². The summed E-state index contributed by atoms with van der Waals surface area (Å²) in [5.74, 6) is 2.11. The van der Waals surface area contributed by atoms with Gasteiger partial charge in [0.1, 0.15) is 0 Å². The second-order valence-electron chi connectivity index (χ2n) is 4.68. The van der Waals surface area contributed by atoms with E-state index in [-0.39, 0.29) is 24.0 Å². The number of guanidine groups is 1. The van der Waals surface area contributed by atoms with E-state index in [1.165, 1.54) is 24.2 Å². The van der Waals surface area contributed by atoms with Gasteiger partial charge in [0.25, 0.3) is 0 Å². The third-order valence-electron chi connectivity index (χ3n) is 2.97. The van der Waals surface area contributed by atoms with Crippen molar-refractivity contribution in [3.05, 3.63) is 29.6 Å². The molecule has 0 bridgehead atoms. The number of nitrogens with zero attached hydrogens (tertiary/aromatic N) is 2. The van der Waals surface area contributed by atoms with Crippen LogP contribution in [0.4, 0.5) is 0 Å². The molecule has 0 aliphatic rings. The van der Waals surface area contributed by atoms with Crippen LogP contribution >= 0.6 is 35.7 Å². The van der Waals surface area contributed by atoms with E-state index in [0.717, 1.165) is 31.2 Å². The minimum absolute atomic E-state index is 0. The molecule has 1 aromatic heterocycles. The quantitative estimate of drug-likeness (QED) is 0.293. The molecule has 0 radical (unpaired) electrons. The summed E-state index contributed by atoms with van der Waals surface area (Å²) in [5, 5.41) is 6.67. The summed E-state index contributed by atoms with van der Waals surface area (Å²) in [6, 6.07) is 4.18. The van der Waals surface area contributed by atoms with Crippen LogP contribution in [0.2, 0.25) is 0 Å². The fraction of sp³-hybridized carbons (Fsp3) is 0.600. The summed E-state index contributed by atoms with van der Waals surface area (Å²) in [4.78, 5) is 8.52. The van der Waals surface area contributed by atoms with Crippen molar-refractivity contribution in [2.45, 2.75) is 26.2 Å². The van der Waals surface area contributed by atoms with Gasteiger partial charge in [-0.25, -0.2) is 0 Å². The monoisotopic (exact) mass is 422 g/mol. The lowest BCUT2D eigenvalue weighted by Crippen LogP contribution is -2.38. The van der Waals surface area contributed by atoms with Crippen molar-refractivity contribution in [1.82, 2.24) is 15.6 Å². The highest BCUT2D eigenvalue weighted by atomic mass is 127. The molecule has 1 aromatic rings. The number of hydrogen-bond donors (Lipinski definition) is 2. The first-order valence-corrected chi connectivity index (χ1v) is 8.50. The largest absolute Gasteiger partial charge is 0.356 e. The first-order valence-electron chi connectivity index (χ1n) is 7.11. The highest BCUT2D eigenvalue weighted by molar-refractivity contribution is 14.0. The molecule has 4 nitrogen and oxygen atoms in total. The van der Waals surface area contributed by atoms with Crippen molar-refractivity contribution in [1.29, 1.82) is 0 Å². The van der Waals surface area contributed by atoms with E-state index >= 15 is 0 Å². The van der Waals surface area contributed by atoms with Gasteiger partial charge in [-0.3, -0.25) is 9.98 Å². The molecule has 0 unspecified atom stereocenters. The maximum atomic E-state index is 4.30. The van der Waals surface area contributed by atoms with Crippen molar-refractivity contribution < 1.29 is 0 Å². The van der Waals surface area contributed by atoms with Gasteiger partial charge in [-0.15, -0.1) is 24.0 Å². The number of thioether (sulfide) groups is 1. The molecule has 21 heavy (non-hydrogen) atoms. The maximum absolute atomic E-state index is 4.30. The van der Waals surface area contributed by atoms with E-state index in [0.29, 0.717) is 0 Å². The van der Waals surface area contributed by atoms with E-state index in [4.69, 9.17) is 0 Å². The van der Waals surface area contributed by atoms with Gasteiger partial charge in [0.15, 0.2) is 5.96 Å². The van der Waals surface area contributed by atoms with Crippen LogP contribution in [-0.2, 0) is 6.42 Å². The Morgan fingerprint density at radius 3 is 2.62 bits per heavy atom. The van der Waals surface area contributed by atoms with E-state index in [1.54, 1.807) is 0 Å². The van der Waals surface area contributed by atoms with Crippen molar-refractivity contribution in [3.8, 4) is 0 Å². The maximum Gasteiger partial charge on any atom is 0.190 e. The first-order chi connectivity index (χ1) is 9.76. The fourth-order valence-corrected chi connectivity index (χ4v) is 2.26. The predicted octanol–water partition coefficient (Wildman–Crippen LogP) is 2.86. The molecular weight excluding hydrogens is 395 g/mol. The van der Waals surface area contributed by atoms with Crippen molar-refractivity contribution in [2.75, 3.05) is 32.1 Å². The minimum atomic E-state index is 0. The Bertz CT molecular complexity index is 395. The molecule has 0 aromatic carbocycles. The summed E-state index contributed by atoms with van der Waals surface area (Å²) >= 11 is 1.90. The van der Waals surface area contributed by atoms with Gasteiger partial charge in [0.05, 0.1) is 0 Å². The van der Waals surface area contributed by atoms with Crippen LogP contribution in [-0.4, -0.2) is 43.1 Å². The van der Waals surface area contributed by atoms with E-state index in [2.05, 4.69) is 32.9 Å². The molecular formula is C15H27IN4S. The molecule has 0 saturated heterocycles. The van der Waals surface area contributed by atoms with Crippen LogP contribution in [0.25, 0.3) is 0 Å². The molecule has 0 spiro atoms. The zero-order valence-electron chi connectivity index (χ0n) is 13.2. The third kappa shape index (κ3) is 9.95. The molecule has 1 heterocycles. The standard InChI is InChI=1S/C15H26N4S.HI/c1-13-6-7-14(12-19-13)8-10-18-15(16-2)17-9-4-5-11-20-3;/h6-7,12H,4-5,8-11H2,1-3H3,(H2,16,17,18);1H. The van der Waals surface area contributed by atoms with Crippen LogP contribution < -0.4 is 10.6 Å². The lowest BCUT2D eigenvalue weighted by molar-refractivity contribution is 0.730. The SMILES string of the molecule is CN=C(NCCCCSC)NCCc1ccc(C)nc1.I. The van der Waals surface area contributed by atoms with Crippen LogP contribution in [0.5, 0.6) is 0 Å². The van der Waals surface area contributed by atoms with Gasteiger partial charge in [0, 0.05) is 32.0 Å². The molecule has 6 heteroatoms. The molecule has 0 fully saturated rings. The number of rotatable bonds is 8. The number of aromatic nitrogens is 1. The topological polar surface area (TPSA) is 49.3 Å². The summed E-state index contributed by atoms with van der Waals surface area (Å²) in [5.41, 5.74) is 2.31. The van der Waals surface area contributed by atoms with Crippen molar-refractivity contribution >= 4 is 41.7 Å². The molecule has 0 atom stereocenters. The van der Waals surface area contributed by atoms with Crippen molar-refractivity contribution in [2.24, 2.45) is 4.99 Å². The number of hydrogen-bond acceptors (Lipinski definition) is 3. The highest BCUT2D eigenvalue weighted by Gasteiger charge is 1.98. The number of aryl methyl sites for hydroxylation is 1. The Kier molecular flexibility index (Phi) is 12.9. The van der Waals surface area contributed by atoms with Crippen LogP contribution in [0.3, 0.4) is 0 Å². The molecule has 1 rings (SSSR count). The third-order valence-corrected chi connectivity index (χ3v) is 3.67. The number of pyridine rings is 1. The van der Waals surface area contributed by atoms with E-state index < -0.39 is 0 Å². The summed E-state index contributed by atoms with van der Waals surface area (Å²) in [6.45, 7) is 3.85. The summed E-state index contributed by atoms with van der Waals surface area (Å²) < 4.78 is 0. The second-order valence-corrected chi connectivity index (χ2v) is 5.67. The normalized spacial score (nSPS) is 10.9. The number of nitrogens with one attached hydrogen (secondary N) is 2. The summed E-state index contributed by atoms with van der Waals surface area (Å²) in [7, 11) is 1.81. The molecule has 0 saturated carbocycles. The Balaban J connectivity index is 0.00000400. The van der Waals surface area contributed by atoms with Gasteiger partial charge in [-0.1, -0.05) is 6.07 Å². The number of halogens is 1.